The van der Waals surface area contributed by atoms with E-state index in [2.05, 4.69) is 32.3 Å². The van der Waals surface area contributed by atoms with Crippen LogP contribution in [-0.4, -0.2) is 102 Å². The third kappa shape index (κ3) is 38.7. The number of alkyl halides is 9. The van der Waals surface area contributed by atoms with Gasteiger partial charge in [0.15, 0.2) is 11.9 Å². The lowest BCUT2D eigenvalue weighted by Crippen LogP contribution is -2.34. The highest BCUT2D eigenvalue weighted by molar-refractivity contribution is 5.77. The fourth-order valence-electron chi connectivity index (χ4n) is 3.70. The Morgan fingerprint density at radius 3 is 1.33 bits per heavy atom. The van der Waals surface area contributed by atoms with Gasteiger partial charge in [-0.15, -0.1) is 0 Å². The van der Waals surface area contributed by atoms with Crippen LogP contribution in [0.15, 0.2) is 40.3 Å². The van der Waals surface area contributed by atoms with Gasteiger partial charge in [-0.25, -0.2) is 19.4 Å². The monoisotopic (exact) mass is 801 g/mol. The van der Waals surface area contributed by atoms with Gasteiger partial charge in [0.05, 0.1) is 6.54 Å². The molecule has 1 rings (SSSR count). The number of aliphatic carboxylic acids is 3. The number of halogens is 9. The largest absolute Gasteiger partial charge is 0.490 e. The minimum atomic E-state index is -5.08. The van der Waals surface area contributed by atoms with Crippen LogP contribution < -0.4 is 22.5 Å². The second kappa shape index (κ2) is 30.9. The van der Waals surface area contributed by atoms with E-state index in [-0.39, 0.29) is 5.96 Å². The first kappa shape index (κ1) is 53.8. The molecule has 0 spiro atoms. The van der Waals surface area contributed by atoms with Crippen LogP contribution >= 0.6 is 0 Å². The number of hydrogen-bond acceptors (Lipinski definition) is 6. The minimum absolute atomic E-state index is 0.204. The summed E-state index contributed by atoms with van der Waals surface area (Å²) in [5.41, 5.74) is 17.9. The Bertz CT molecular complexity index is 1140. The normalized spacial score (nSPS) is 11.4. The number of nitrogens with one attached hydrogen (secondary N) is 1. The average molecular weight is 802 g/mol. The van der Waals surface area contributed by atoms with Crippen LogP contribution in [0.2, 0.25) is 0 Å². The number of nitrogens with zero attached hydrogens (tertiary/aromatic N) is 3. The predicted octanol–water partition coefficient (Wildman–Crippen LogP) is 5.88. The van der Waals surface area contributed by atoms with E-state index in [1.54, 1.807) is 0 Å². The number of carboxylic acid groups (broad SMARTS) is 3. The number of carbonyl (C=O) groups is 3. The third-order valence-corrected chi connectivity index (χ3v) is 6.54. The number of carboxylic acids is 3. The molecule has 0 atom stereocenters. The minimum Gasteiger partial charge on any atom is -0.475 e. The summed E-state index contributed by atoms with van der Waals surface area (Å²) in [7, 11) is 2.03. The summed E-state index contributed by atoms with van der Waals surface area (Å²) in [4.78, 5) is 37.3. The molecule has 1 aromatic rings. The topological polar surface area (TPSA) is 230 Å². The number of unbranched alkanes of at least 4 members (excludes halogenated alkanes) is 10. The second-order valence-corrected chi connectivity index (χ2v) is 11.3. The Balaban J connectivity index is -0.000000997. The van der Waals surface area contributed by atoms with E-state index in [0.717, 1.165) is 32.6 Å². The van der Waals surface area contributed by atoms with Gasteiger partial charge >= 0.3 is 36.4 Å². The molecule has 0 bridgehead atoms. The first-order valence-corrected chi connectivity index (χ1v) is 16.6. The number of rotatable bonds is 20. The molecule has 0 aliphatic rings. The lowest BCUT2D eigenvalue weighted by molar-refractivity contribution is -0.193. The van der Waals surface area contributed by atoms with Gasteiger partial charge in [0.25, 0.3) is 0 Å². The maximum absolute atomic E-state index is 10.6. The van der Waals surface area contributed by atoms with Crippen LogP contribution in [0.4, 0.5) is 39.5 Å². The number of guanidine groups is 2. The van der Waals surface area contributed by atoms with E-state index in [1.807, 2.05) is 25.2 Å². The lowest BCUT2D eigenvalue weighted by atomic mass is 10.1. The molecule has 0 aliphatic carbocycles. The molecule has 0 saturated carbocycles. The number of nitrogens with two attached hydrogens (primary N) is 3. The molecule has 0 unspecified atom stereocenters. The van der Waals surface area contributed by atoms with Crippen molar-refractivity contribution in [2.24, 2.45) is 27.2 Å². The smallest absolute Gasteiger partial charge is 0.475 e. The molecular formula is C32H52F9N7O6. The molecule has 0 heterocycles. The van der Waals surface area contributed by atoms with Gasteiger partial charge < -0.3 is 42.7 Å². The molecule has 1 aromatic carbocycles. The quantitative estimate of drug-likeness (QED) is 0.0357. The Morgan fingerprint density at radius 1 is 0.611 bits per heavy atom. The standard InChI is InChI=1S/C26H49N7.3C2HF3O2/c1-33(26(29)32-23-24-17-11-10-12-18-24)22-16-9-5-4-7-14-20-30-19-13-6-2-3-8-15-21-31-25(27)28;3*3-2(4,5)1(6)7/h10-12,17-18,30H,2-9,13-16,19-23H2,1H3,(H2,29,32)(H4,27,28,31);3*(H,6,7). The van der Waals surface area contributed by atoms with Crippen molar-refractivity contribution in [3.8, 4) is 0 Å². The van der Waals surface area contributed by atoms with E-state index in [1.165, 1.54) is 76.2 Å². The lowest BCUT2D eigenvalue weighted by Gasteiger charge is -2.18. The average Bonchev–Trinajstić information content (AvgIpc) is 3.06. The van der Waals surface area contributed by atoms with Crippen molar-refractivity contribution < 1.29 is 69.2 Å². The highest BCUT2D eigenvalue weighted by atomic mass is 19.4. The Morgan fingerprint density at radius 2 is 0.963 bits per heavy atom. The van der Waals surface area contributed by atoms with Crippen LogP contribution in [-0.2, 0) is 20.9 Å². The molecule has 0 aromatic heterocycles. The van der Waals surface area contributed by atoms with Crippen LogP contribution in [0.1, 0.15) is 82.6 Å². The van der Waals surface area contributed by atoms with E-state index in [4.69, 9.17) is 46.9 Å². The van der Waals surface area contributed by atoms with Gasteiger partial charge in [-0.05, 0) is 44.3 Å². The third-order valence-electron chi connectivity index (χ3n) is 6.54. The summed E-state index contributed by atoms with van der Waals surface area (Å²) in [6.07, 6.45) is -0.111. The number of benzene rings is 1. The summed E-state index contributed by atoms with van der Waals surface area (Å²) >= 11 is 0. The molecule has 54 heavy (non-hydrogen) atoms. The summed E-state index contributed by atoms with van der Waals surface area (Å²) in [5.74, 6) is -7.43. The van der Waals surface area contributed by atoms with Crippen molar-refractivity contribution in [3.05, 3.63) is 35.9 Å². The maximum Gasteiger partial charge on any atom is 0.490 e. The molecule has 13 nitrogen and oxygen atoms in total. The maximum atomic E-state index is 10.6. The second-order valence-electron chi connectivity index (χ2n) is 11.3. The zero-order valence-electron chi connectivity index (χ0n) is 29.9. The summed E-state index contributed by atoms with van der Waals surface area (Å²) in [6, 6.07) is 10.2. The molecule has 0 radical (unpaired) electrons. The van der Waals surface area contributed by atoms with E-state index in [9.17, 15) is 39.5 Å². The molecule has 0 saturated heterocycles. The van der Waals surface area contributed by atoms with Gasteiger partial charge in [0.1, 0.15) is 0 Å². The zero-order chi connectivity index (χ0) is 42.2. The fourth-order valence-corrected chi connectivity index (χ4v) is 3.70. The van der Waals surface area contributed by atoms with E-state index >= 15 is 0 Å². The van der Waals surface area contributed by atoms with Crippen molar-refractivity contribution in [2.45, 2.75) is 102 Å². The molecule has 22 heteroatoms. The summed E-state index contributed by atoms with van der Waals surface area (Å²) in [6.45, 7) is 4.68. The van der Waals surface area contributed by atoms with Gasteiger partial charge in [0, 0.05) is 20.1 Å². The molecule has 0 amide bonds. The Hall–Kier alpha value is -4.50. The van der Waals surface area contributed by atoms with Crippen LogP contribution in [0, 0.1) is 0 Å². The van der Waals surface area contributed by atoms with Crippen LogP contribution in [0.5, 0.6) is 0 Å². The van der Waals surface area contributed by atoms with Crippen molar-refractivity contribution in [1.29, 1.82) is 0 Å². The molecule has 314 valence electrons. The van der Waals surface area contributed by atoms with Gasteiger partial charge in [-0.1, -0.05) is 81.7 Å². The summed E-state index contributed by atoms with van der Waals surface area (Å²) in [5, 5.41) is 25.0. The SMILES string of the molecule is CN(CCCCCCCCNCCCCCCCCN=C(N)N)C(N)=NCc1ccccc1.O=C(O)C(F)(F)F.O=C(O)C(F)(F)F.O=C(O)C(F)(F)F. The summed E-state index contributed by atoms with van der Waals surface area (Å²) < 4.78 is 95.2. The van der Waals surface area contributed by atoms with E-state index in [0.29, 0.717) is 12.5 Å². The fraction of sp³-hybridized carbons (Fsp3) is 0.656. The van der Waals surface area contributed by atoms with Gasteiger partial charge in [-0.2, -0.15) is 39.5 Å². The highest BCUT2D eigenvalue weighted by Gasteiger charge is 2.39. The van der Waals surface area contributed by atoms with Gasteiger partial charge in [-0.3, -0.25) is 4.99 Å². The van der Waals surface area contributed by atoms with Crippen LogP contribution in [0.3, 0.4) is 0 Å². The molecule has 10 N–H and O–H groups in total. The Labute approximate surface area is 307 Å². The highest BCUT2D eigenvalue weighted by Crippen LogP contribution is 2.14. The van der Waals surface area contributed by atoms with Crippen molar-refractivity contribution in [3.63, 3.8) is 0 Å². The number of hydrogen-bond donors (Lipinski definition) is 7. The first-order valence-electron chi connectivity index (χ1n) is 16.6. The molecule has 0 fully saturated rings. The molecular weight excluding hydrogens is 749 g/mol. The van der Waals surface area contributed by atoms with Crippen LogP contribution in [0.25, 0.3) is 0 Å². The predicted molar refractivity (Wildman–Crippen MR) is 184 cm³/mol. The molecule has 0 aliphatic heterocycles. The zero-order valence-corrected chi connectivity index (χ0v) is 29.9. The van der Waals surface area contributed by atoms with Crippen molar-refractivity contribution >= 4 is 29.8 Å². The Kier molecular flexibility index (Phi) is 30.8. The first-order chi connectivity index (χ1) is 24.9. The van der Waals surface area contributed by atoms with Crippen molar-refractivity contribution in [2.75, 3.05) is 33.2 Å². The van der Waals surface area contributed by atoms with Crippen molar-refractivity contribution in [1.82, 2.24) is 10.2 Å². The number of aliphatic imine (C=N–C) groups is 2. The van der Waals surface area contributed by atoms with Gasteiger partial charge in [0.2, 0.25) is 0 Å². The van der Waals surface area contributed by atoms with E-state index < -0.39 is 36.4 Å².